The summed E-state index contributed by atoms with van der Waals surface area (Å²) in [7, 11) is 0. The summed E-state index contributed by atoms with van der Waals surface area (Å²) < 4.78 is 5.03. The summed E-state index contributed by atoms with van der Waals surface area (Å²) in [6.45, 7) is -0.609. The smallest absolute Gasteiger partial charge is 0.328 e. The molecule has 2 fully saturated rings. The van der Waals surface area contributed by atoms with Gasteiger partial charge in [0.1, 0.15) is 18.3 Å². The maximum Gasteiger partial charge on any atom is 0.328 e. The van der Waals surface area contributed by atoms with Gasteiger partial charge in [0, 0.05) is 0 Å². The summed E-state index contributed by atoms with van der Waals surface area (Å²) in [5, 5.41) is 49.0. The molecule has 2 saturated heterocycles. The van der Waals surface area contributed by atoms with Crippen LogP contribution in [0.25, 0.3) is 0 Å². The third-order valence-electron chi connectivity index (χ3n) is 3.09. The van der Waals surface area contributed by atoms with Gasteiger partial charge in [-0.25, -0.2) is 4.79 Å². The van der Waals surface area contributed by atoms with E-state index in [2.05, 4.69) is 0 Å². The van der Waals surface area contributed by atoms with Crippen LogP contribution in [0.5, 0.6) is 0 Å². The van der Waals surface area contributed by atoms with Crippen molar-refractivity contribution in [3.63, 3.8) is 0 Å². The number of imide groups is 1. The van der Waals surface area contributed by atoms with Gasteiger partial charge in [-0.3, -0.25) is 15.0 Å². The Bertz CT molecular complexity index is 390. The first-order valence-electron chi connectivity index (χ1n) is 5.50. The highest BCUT2D eigenvalue weighted by Crippen LogP contribution is 2.27. The van der Waals surface area contributed by atoms with Crippen LogP contribution >= 0.6 is 0 Å². The van der Waals surface area contributed by atoms with Crippen LogP contribution in [0, 0.1) is 0 Å². The maximum absolute atomic E-state index is 11.6. The van der Waals surface area contributed by atoms with Gasteiger partial charge in [-0.2, -0.15) is 0 Å². The van der Waals surface area contributed by atoms with Crippen molar-refractivity contribution in [1.29, 1.82) is 0 Å². The summed E-state index contributed by atoms with van der Waals surface area (Å²) in [6, 6.07) is -1.09. The molecule has 10 heteroatoms. The van der Waals surface area contributed by atoms with Crippen molar-refractivity contribution in [3.05, 3.63) is 0 Å². The Morgan fingerprint density at radius 1 is 1.16 bits per heavy atom. The van der Waals surface area contributed by atoms with Gasteiger partial charge < -0.3 is 30.3 Å². The molecule has 0 spiro atoms. The number of nitrogens with one attached hydrogen (secondary N) is 1. The van der Waals surface area contributed by atoms with E-state index >= 15 is 0 Å². The first-order chi connectivity index (χ1) is 8.88. The molecule has 0 aromatic carbocycles. The first-order valence-corrected chi connectivity index (χ1v) is 5.50. The average Bonchev–Trinajstić information content (AvgIpc) is 2.64. The number of ether oxygens (including phenoxy) is 1. The lowest BCUT2D eigenvalue weighted by molar-refractivity contribution is -0.176. The number of hydrogen-bond acceptors (Lipinski definition) is 8. The van der Waals surface area contributed by atoms with Crippen molar-refractivity contribution in [2.24, 2.45) is 0 Å². The Labute approximate surface area is 106 Å². The van der Waals surface area contributed by atoms with Gasteiger partial charge in [-0.15, -0.1) is 0 Å². The Morgan fingerprint density at radius 3 is 2.32 bits per heavy atom. The van der Waals surface area contributed by atoms with E-state index in [1.54, 1.807) is 5.32 Å². The average molecular weight is 278 g/mol. The van der Waals surface area contributed by atoms with Gasteiger partial charge in [-0.05, 0) is 0 Å². The number of hydrogen-bond donors (Lipinski definition) is 6. The molecule has 6 atom stereocenters. The quantitative estimate of drug-likeness (QED) is 0.295. The van der Waals surface area contributed by atoms with Crippen LogP contribution in [-0.2, 0) is 9.53 Å². The first kappa shape index (κ1) is 14.1. The largest absolute Gasteiger partial charge is 0.394 e. The van der Waals surface area contributed by atoms with Crippen molar-refractivity contribution in [3.8, 4) is 0 Å². The Hall–Kier alpha value is -1.30. The summed E-state index contributed by atoms with van der Waals surface area (Å²) in [5.74, 6) is -1.08. The van der Waals surface area contributed by atoms with Crippen LogP contribution in [0.4, 0.5) is 4.79 Å². The minimum absolute atomic E-state index is 0.496. The molecule has 0 aromatic rings. The third kappa shape index (κ3) is 2.18. The Morgan fingerprint density at radius 2 is 1.79 bits per heavy atom. The minimum atomic E-state index is -1.93. The summed E-state index contributed by atoms with van der Waals surface area (Å²) in [4.78, 5) is 23.2. The van der Waals surface area contributed by atoms with Crippen molar-refractivity contribution >= 4 is 11.9 Å². The minimum Gasteiger partial charge on any atom is -0.394 e. The second-order valence-corrected chi connectivity index (χ2v) is 4.29. The number of aliphatic hydroxyl groups is 5. The van der Waals surface area contributed by atoms with Crippen molar-refractivity contribution in [1.82, 2.24) is 10.2 Å². The van der Waals surface area contributed by atoms with Gasteiger partial charge >= 0.3 is 6.03 Å². The predicted octanol–water partition coefficient (Wildman–Crippen LogP) is -4.34. The van der Waals surface area contributed by atoms with Crippen molar-refractivity contribution in [2.75, 3.05) is 6.61 Å². The fourth-order valence-corrected chi connectivity index (χ4v) is 2.03. The van der Waals surface area contributed by atoms with Gasteiger partial charge in [0.15, 0.2) is 18.6 Å². The molecule has 108 valence electrons. The van der Waals surface area contributed by atoms with Crippen molar-refractivity contribution < 1.29 is 39.9 Å². The summed E-state index contributed by atoms with van der Waals surface area (Å²) in [6.07, 6.45) is -9.54. The second kappa shape index (κ2) is 5.00. The van der Waals surface area contributed by atoms with E-state index in [0.717, 1.165) is 0 Å². The molecule has 3 amide bonds. The zero-order valence-corrected chi connectivity index (χ0v) is 9.58. The highest BCUT2D eigenvalue weighted by molar-refractivity contribution is 5.99. The fraction of sp³-hybridized carbons (Fsp3) is 0.778. The van der Waals surface area contributed by atoms with E-state index in [-0.39, 0.29) is 0 Å². The number of urea groups is 1. The molecule has 0 bridgehead atoms. The van der Waals surface area contributed by atoms with Gasteiger partial charge in [0.2, 0.25) is 0 Å². The van der Waals surface area contributed by atoms with E-state index in [4.69, 9.17) is 9.84 Å². The zero-order chi connectivity index (χ0) is 14.3. The molecular formula is C9H14N2O8. The number of aliphatic hydroxyl groups excluding tert-OH is 5. The topological polar surface area (TPSA) is 160 Å². The van der Waals surface area contributed by atoms with E-state index in [1.807, 2.05) is 0 Å². The molecule has 0 radical (unpaired) electrons. The Kier molecular flexibility index (Phi) is 3.71. The number of nitrogens with zero attached hydrogens (tertiary/aromatic N) is 1. The second-order valence-electron chi connectivity index (χ2n) is 4.29. The van der Waals surface area contributed by atoms with Crippen LogP contribution in [0.1, 0.15) is 0 Å². The fourth-order valence-electron chi connectivity index (χ4n) is 2.03. The standard InChI is InChI=1S/C9H14N2O8/c12-1-2-3(13)4(14)8(19-2)11-7(17)5(15)6(16)10-9(11)18/h2-5,7-8,12-15,17H,1H2,(H,10,16,18)/t2-,3-,4-,5+,7+,8-/m1/s1. The van der Waals surface area contributed by atoms with Gasteiger partial charge in [-0.1, -0.05) is 0 Å². The predicted molar refractivity (Wildman–Crippen MR) is 55.2 cm³/mol. The maximum atomic E-state index is 11.6. The van der Waals surface area contributed by atoms with Crippen LogP contribution < -0.4 is 5.32 Å². The van der Waals surface area contributed by atoms with E-state index in [1.165, 1.54) is 0 Å². The lowest BCUT2D eigenvalue weighted by Gasteiger charge is -2.38. The molecule has 0 aliphatic carbocycles. The third-order valence-corrected chi connectivity index (χ3v) is 3.09. The SMILES string of the molecule is O=C1NC(=O)N([C@@H]2O[C@H](CO)[C@@H](O)[C@H]2O)[C@@H](O)[C@H]1O. The molecule has 6 N–H and O–H groups in total. The molecule has 0 aromatic heterocycles. The Balaban J connectivity index is 2.21. The number of rotatable bonds is 2. The van der Waals surface area contributed by atoms with Crippen LogP contribution in [0.3, 0.4) is 0 Å². The van der Waals surface area contributed by atoms with Crippen LogP contribution in [0.15, 0.2) is 0 Å². The monoisotopic (exact) mass is 278 g/mol. The van der Waals surface area contributed by atoms with Gasteiger partial charge in [0.25, 0.3) is 5.91 Å². The number of carbonyl (C=O) groups excluding carboxylic acids is 2. The lowest BCUT2D eigenvalue weighted by Crippen LogP contribution is -2.67. The number of amides is 3. The summed E-state index contributed by atoms with van der Waals surface area (Å²) >= 11 is 0. The molecule has 0 saturated carbocycles. The van der Waals surface area contributed by atoms with E-state index in [0.29, 0.717) is 4.90 Å². The number of carbonyl (C=O) groups is 2. The highest BCUT2D eigenvalue weighted by atomic mass is 16.6. The normalized spacial score (nSPS) is 43.5. The molecule has 2 rings (SSSR count). The molecule has 2 aliphatic rings. The zero-order valence-electron chi connectivity index (χ0n) is 9.58. The van der Waals surface area contributed by atoms with Crippen molar-refractivity contribution in [2.45, 2.75) is 36.9 Å². The summed E-state index contributed by atoms with van der Waals surface area (Å²) in [5.41, 5.74) is 0. The van der Waals surface area contributed by atoms with Gasteiger partial charge in [0.05, 0.1) is 6.61 Å². The van der Waals surface area contributed by atoms with Crippen LogP contribution in [0.2, 0.25) is 0 Å². The molecule has 0 unspecified atom stereocenters. The lowest BCUT2D eigenvalue weighted by atomic mass is 10.1. The molecular weight excluding hydrogens is 264 g/mol. The highest BCUT2D eigenvalue weighted by Gasteiger charge is 2.52. The molecule has 2 aliphatic heterocycles. The molecule has 19 heavy (non-hydrogen) atoms. The van der Waals surface area contributed by atoms with E-state index in [9.17, 15) is 30.0 Å². The molecule has 10 nitrogen and oxygen atoms in total. The molecule has 2 heterocycles. The van der Waals surface area contributed by atoms with Crippen LogP contribution in [-0.4, -0.2) is 85.8 Å². The van der Waals surface area contributed by atoms with E-state index < -0.39 is 55.4 Å².